The van der Waals surface area contributed by atoms with Gasteiger partial charge < -0.3 is 35.4 Å². The van der Waals surface area contributed by atoms with Gasteiger partial charge in [-0.25, -0.2) is 0 Å². The number of rotatable bonds is 3. The van der Waals surface area contributed by atoms with Crippen LogP contribution in [0.2, 0.25) is 0 Å². The van der Waals surface area contributed by atoms with Gasteiger partial charge in [0.15, 0.2) is 0 Å². The van der Waals surface area contributed by atoms with Gasteiger partial charge >= 0.3 is 88.7 Å². The van der Waals surface area contributed by atoms with Crippen molar-refractivity contribution in [3.05, 3.63) is 28.8 Å². The summed E-state index contributed by atoms with van der Waals surface area (Å²) in [4.78, 5) is 31.8. The van der Waals surface area contributed by atoms with Crippen LogP contribution in [0.5, 0.6) is 0 Å². The number of hydrogen-bond donors (Lipinski definition) is 1. The van der Waals surface area contributed by atoms with E-state index in [9.17, 15) is 29.7 Å². The molecule has 10 heteroatoms. The molecule has 0 bridgehead atoms. The van der Waals surface area contributed by atoms with E-state index in [4.69, 9.17) is 5.73 Å². The van der Waals surface area contributed by atoms with Gasteiger partial charge in [-0.1, -0.05) is 0 Å². The Bertz CT molecular complexity index is 470. The summed E-state index contributed by atoms with van der Waals surface area (Å²) in [6.07, 6.45) is 0. The zero-order valence-corrected chi connectivity index (χ0v) is 16.7. The Hall–Kier alpha value is 0.430. The molecule has 0 aliphatic carbocycles. The first-order valence-electron chi connectivity index (χ1n) is 3.92. The topological polar surface area (TPSA) is 146 Å². The predicted octanol–water partition coefficient (Wildman–Crippen LogP) is -12.6. The van der Waals surface area contributed by atoms with E-state index in [2.05, 4.69) is 0 Å². The first-order chi connectivity index (χ1) is 7.34. The third-order valence-corrected chi connectivity index (χ3v) is 1.80. The van der Waals surface area contributed by atoms with Gasteiger partial charge in [0, 0.05) is 22.4 Å². The molecule has 0 amide bonds. The molecular formula is C9H4NNa3O6. The molecule has 0 spiro atoms. The third-order valence-electron chi connectivity index (χ3n) is 1.80. The monoisotopic (exact) mass is 291 g/mol. The van der Waals surface area contributed by atoms with Crippen LogP contribution < -0.4 is 110 Å². The number of nitrogens with two attached hydrogens (primary N) is 1. The fourth-order valence-corrected chi connectivity index (χ4v) is 1.21. The van der Waals surface area contributed by atoms with Crippen LogP contribution in [-0.2, 0) is 0 Å². The van der Waals surface area contributed by atoms with Crippen LogP contribution in [0.4, 0.5) is 5.69 Å². The molecule has 0 aliphatic rings. The normalized spacial score (nSPS) is 8.21. The van der Waals surface area contributed by atoms with Crippen molar-refractivity contribution in [3.8, 4) is 0 Å². The van der Waals surface area contributed by atoms with Gasteiger partial charge in [0.1, 0.15) is 0 Å². The van der Waals surface area contributed by atoms with E-state index in [0.29, 0.717) is 0 Å². The standard InChI is InChI=1S/C9H7NO6.3Na/c10-3-1-4(7(11)12)6(9(15)16)5(2-3)8(13)14;;;/h1-2H,10H2,(H,11,12)(H,13,14)(H,15,16);;;/q;3*+1/p-3. The summed E-state index contributed by atoms with van der Waals surface area (Å²) in [5.74, 6) is -5.69. The smallest absolute Gasteiger partial charge is 0.545 e. The van der Waals surface area contributed by atoms with Crippen LogP contribution in [0.1, 0.15) is 31.1 Å². The van der Waals surface area contributed by atoms with Crippen LogP contribution in [0.15, 0.2) is 12.1 Å². The Balaban J connectivity index is -0.000000853. The van der Waals surface area contributed by atoms with Crippen LogP contribution in [0.25, 0.3) is 0 Å². The molecule has 1 aromatic carbocycles. The molecule has 0 aromatic heterocycles. The number of carboxylic acid groups (broad SMARTS) is 3. The fraction of sp³-hybridized carbons (Fsp3) is 0. The summed E-state index contributed by atoms with van der Waals surface area (Å²) in [7, 11) is 0. The fourth-order valence-electron chi connectivity index (χ4n) is 1.21. The number of aromatic carboxylic acids is 3. The minimum atomic E-state index is -1.96. The van der Waals surface area contributed by atoms with Crippen LogP contribution in [-0.4, -0.2) is 17.9 Å². The van der Waals surface area contributed by atoms with Gasteiger partial charge in [0.25, 0.3) is 0 Å². The minimum Gasteiger partial charge on any atom is -0.545 e. The molecule has 0 heterocycles. The molecule has 1 aromatic rings. The molecule has 84 valence electrons. The molecule has 0 unspecified atom stereocenters. The SMILES string of the molecule is Nc1cc(C(=O)[O-])c(C(=O)[O-])c(C(=O)[O-])c1.[Na+].[Na+].[Na+]. The van der Waals surface area contributed by atoms with Gasteiger partial charge in [0.05, 0.1) is 17.9 Å². The number of carbonyl (C=O) groups excluding carboxylic acids is 3. The second kappa shape index (κ2) is 10.2. The van der Waals surface area contributed by atoms with Gasteiger partial charge in [-0.2, -0.15) is 0 Å². The first kappa shape index (κ1) is 24.4. The molecule has 0 fully saturated rings. The van der Waals surface area contributed by atoms with Gasteiger partial charge in [-0.05, 0) is 12.1 Å². The largest absolute Gasteiger partial charge is 1.00 e. The summed E-state index contributed by atoms with van der Waals surface area (Å²) in [5.41, 5.74) is 2.23. The van der Waals surface area contributed by atoms with E-state index in [1.807, 2.05) is 0 Å². The second-order valence-electron chi connectivity index (χ2n) is 2.85. The van der Waals surface area contributed by atoms with E-state index in [1.54, 1.807) is 0 Å². The van der Waals surface area contributed by atoms with Crippen molar-refractivity contribution in [2.75, 3.05) is 5.73 Å². The van der Waals surface area contributed by atoms with Crippen LogP contribution in [0.3, 0.4) is 0 Å². The second-order valence-corrected chi connectivity index (χ2v) is 2.85. The van der Waals surface area contributed by atoms with Gasteiger partial charge in [-0.3, -0.25) is 0 Å². The number of carbonyl (C=O) groups is 3. The Morgan fingerprint density at radius 2 is 1.11 bits per heavy atom. The third kappa shape index (κ3) is 6.16. The Morgan fingerprint density at radius 1 is 0.789 bits per heavy atom. The zero-order valence-electron chi connectivity index (χ0n) is 10.7. The summed E-state index contributed by atoms with van der Waals surface area (Å²) in [5, 5.41) is 31.8. The van der Waals surface area contributed by atoms with Crippen LogP contribution in [0, 0.1) is 0 Å². The number of anilines is 1. The van der Waals surface area contributed by atoms with Crippen molar-refractivity contribution in [1.29, 1.82) is 0 Å². The van der Waals surface area contributed by atoms with Crippen molar-refractivity contribution >= 4 is 23.6 Å². The van der Waals surface area contributed by atoms with Crippen LogP contribution >= 0.6 is 0 Å². The summed E-state index contributed by atoms with van der Waals surface area (Å²) in [6.45, 7) is 0. The van der Waals surface area contributed by atoms with E-state index in [1.165, 1.54) is 0 Å². The van der Waals surface area contributed by atoms with Crippen molar-refractivity contribution < 1.29 is 118 Å². The predicted molar refractivity (Wildman–Crippen MR) is 43.8 cm³/mol. The maximum Gasteiger partial charge on any atom is 1.00 e. The Kier molecular flexibility index (Phi) is 13.1. The molecule has 0 saturated carbocycles. The van der Waals surface area contributed by atoms with Crippen molar-refractivity contribution in [2.24, 2.45) is 0 Å². The van der Waals surface area contributed by atoms with E-state index in [-0.39, 0.29) is 94.4 Å². The molecular weight excluding hydrogens is 287 g/mol. The van der Waals surface area contributed by atoms with E-state index >= 15 is 0 Å². The Morgan fingerprint density at radius 3 is 1.32 bits per heavy atom. The molecule has 0 radical (unpaired) electrons. The Labute approximate surface area is 174 Å². The van der Waals surface area contributed by atoms with E-state index in [0.717, 1.165) is 12.1 Å². The molecule has 2 N–H and O–H groups in total. The molecule has 1 rings (SSSR count). The molecule has 0 aliphatic heterocycles. The number of benzene rings is 1. The number of carboxylic acids is 3. The average Bonchev–Trinajstić information content (AvgIpc) is 2.15. The van der Waals surface area contributed by atoms with Crippen molar-refractivity contribution in [3.63, 3.8) is 0 Å². The average molecular weight is 291 g/mol. The minimum absolute atomic E-state index is 0. The van der Waals surface area contributed by atoms with Gasteiger partial charge in [-0.15, -0.1) is 0 Å². The summed E-state index contributed by atoms with van der Waals surface area (Å²) < 4.78 is 0. The van der Waals surface area contributed by atoms with Crippen molar-refractivity contribution in [2.45, 2.75) is 0 Å². The summed E-state index contributed by atoms with van der Waals surface area (Å²) >= 11 is 0. The number of nitrogen functional groups attached to an aromatic ring is 1. The van der Waals surface area contributed by atoms with Gasteiger partial charge in [0.2, 0.25) is 0 Å². The van der Waals surface area contributed by atoms with Crippen molar-refractivity contribution in [1.82, 2.24) is 0 Å². The molecule has 19 heavy (non-hydrogen) atoms. The molecule has 7 nitrogen and oxygen atoms in total. The maximum absolute atomic E-state index is 10.6. The summed E-state index contributed by atoms with van der Waals surface area (Å²) in [6, 6.07) is 1.54. The maximum atomic E-state index is 10.6. The molecule has 0 saturated heterocycles. The quantitative estimate of drug-likeness (QED) is 0.429. The zero-order chi connectivity index (χ0) is 12.5. The molecule has 0 atom stereocenters. The van der Waals surface area contributed by atoms with E-state index < -0.39 is 34.6 Å². The first-order valence-corrected chi connectivity index (χ1v) is 3.92. The number of hydrogen-bond acceptors (Lipinski definition) is 7.